The number of hydrogen-bond donors (Lipinski definition) is 0. The van der Waals surface area contributed by atoms with E-state index in [2.05, 4.69) is 9.47 Å². The van der Waals surface area contributed by atoms with Crippen LogP contribution in [0.2, 0.25) is 0 Å². The van der Waals surface area contributed by atoms with Crippen molar-refractivity contribution in [2.75, 3.05) is 13.2 Å². The molecule has 0 aromatic rings. The third kappa shape index (κ3) is 16.0. The van der Waals surface area contributed by atoms with Gasteiger partial charge in [0.1, 0.15) is 0 Å². The van der Waals surface area contributed by atoms with Crippen LogP contribution in [-0.4, -0.2) is 19.4 Å². The van der Waals surface area contributed by atoms with Gasteiger partial charge < -0.3 is 9.47 Å². The Bertz CT molecular complexity index is 107. The summed E-state index contributed by atoms with van der Waals surface area (Å²) in [5.74, 6) is 0. The Hall–Kier alpha value is -0.990. The maximum absolute atomic E-state index is 10.2. The van der Waals surface area contributed by atoms with Crippen LogP contribution in [-0.2, 0) is 9.47 Å². The minimum absolute atomic E-state index is 0.374. The molecule has 0 aromatic heterocycles. The van der Waals surface area contributed by atoms with Gasteiger partial charge in [0.2, 0.25) is 0 Å². The van der Waals surface area contributed by atoms with Crippen LogP contribution in [0.3, 0.4) is 0 Å². The molecule has 0 fully saturated rings. The highest BCUT2D eigenvalue weighted by molar-refractivity contribution is 5.59. The maximum atomic E-state index is 10.2. The molecule has 0 aliphatic rings. The summed E-state index contributed by atoms with van der Waals surface area (Å²) in [6.45, 7) is 8.21. The SMILES string of the molecule is CC=CC.CCOC(=O)OCC. The molecule has 0 atom stereocenters. The number of allylic oxidation sites excluding steroid dienone is 2. The first kappa shape index (κ1) is 13.6. The zero-order chi connectivity index (χ0) is 9.82. The number of hydrogen-bond acceptors (Lipinski definition) is 3. The lowest BCUT2D eigenvalue weighted by Crippen LogP contribution is -2.05. The Kier molecular flexibility index (Phi) is 14.3. The van der Waals surface area contributed by atoms with Gasteiger partial charge in [0, 0.05) is 0 Å². The van der Waals surface area contributed by atoms with Gasteiger partial charge in [0.05, 0.1) is 13.2 Å². The van der Waals surface area contributed by atoms with E-state index in [4.69, 9.17) is 0 Å². The van der Waals surface area contributed by atoms with Gasteiger partial charge in [-0.3, -0.25) is 0 Å². The molecule has 0 aliphatic heterocycles. The highest BCUT2D eigenvalue weighted by Crippen LogP contribution is 1.81. The molecule has 0 aliphatic carbocycles. The molecule has 0 heterocycles. The lowest BCUT2D eigenvalue weighted by atomic mass is 10.6. The van der Waals surface area contributed by atoms with E-state index in [1.54, 1.807) is 13.8 Å². The van der Waals surface area contributed by atoms with Gasteiger partial charge in [-0.05, 0) is 27.7 Å². The molecule has 0 bridgehead atoms. The highest BCUT2D eigenvalue weighted by atomic mass is 16.7. The van der Waals surface area contributed by atoms with E-state index in [-0.39, 0.29) is 0 Å². The van der Waals surface area contributed by atoms with Gasteiger partial charge in [-0.1, -0.05) is 12.2 Å². The van der Waals surface area contributed by atoms with E-state index in [9.17, 15) is 4.79 Å². The largest absolute Gasteiger partial charge is 0.508 e. The molecule has 0 saturated heterocycles. The second-order valence-corrected chi connectivity index (χ2v) is 1.78. The van der Waals surface area contributed by atoms with Gasteiger partial charge >= 0.3 is 6.16 Å². The van der Waals surface area contributed by atoms with E-state index in [1.807, 2.05) is 26.0 Å². The molecule has 12 heavy (non-hydrogen) atoms. The normalized spacial score (nSPS) is 8.67. The van der Waals surface area contributed by atoms with Crippen LogP contribution in [0, 0.1) is 0 Å². The predicted molar refractivity (Wildman–Crippen MR) is 49.1 cm³/mol. The summed E-state index contributed by atoms with van der Waals surface area (Å²) < 4.78 is 8.84. The zero-order valence-corrected chi connectivity index (χ0v) is 8.29. The van der Waals surface area contributed by atoms with Crippen molar-refractivity contribution in [3.05, 3.63) is 12.2 Å². The van der Waals surface area contributed by atoms with Crippen LogP contribution < -0.4 is 0 Å². The minimum Gasteiger partial charge on any atom is -0.435 e. The van der Waals surface area contributed by atoms with Crippen LogP contribution in [0.1, 0.15) is 27.7 Å². The van der Waals surface area contributed by atoms with Crippen LogP contribution in [0.5, 0.6) is 0 Å². The van der Waals surface area contributed by atoms with Crippen molar-refractivity contribution < 1.29 is 14.3 Å². The fraction of sp³-hybridized carbons (Fsp3) is 0.667. The van der Waals surface area contributed by atoms with Crippen LogP contribution in [0.15, 0.2) is 12.2 Å². The van der Waals surface area contributed by atoms with Crippen LogP contribution >= 0.6 is 0 Å². The molecular formula is C9H18O3. The number of rotatable bonds is 2. The number of carbonyl (C=O) groups excluding carboxylic acids is 1. The fourth-order valence-electron chi connectivity index (χ4n) is 0.277. The monoisotopic (exact) mass is 174 g/mol. The van der Waals surface area contributed by atoms with Crippen molar-refractivity contribution >= 4 is 6.16 Å². The second kappa shape index (κ2) is 12.7. The smallest absolute Gasteiger partial charge is 0.435 e. The molecule has 0 radical (unpaired) electrons. The quantitative estimate of drug-likeness (QED) is 0.477. The van der Waals surface area contributed by atoms with Gasteiger partial charge in [0.25, 0.3) is 0 Å². The molecule has 0 rings (SSSR count). The average Bonchev–Trinajstić information content (AvgIpc) is 2.06. The van der Waals surface area contributed by atoms with Crippen molar-refractivity contribution in [3.63, 3.8) is 0 Å². The van der Waals surface area contributed by atoms with E-state index >= 15 is 0 Å². The predicted octanol–water partition coefficient (Wildman–Crippen LogP) is 2.76. The van der Waals surface area contributed by atoms with Gasteiger partial charge in [-0.25, -0.2) is 4.79 Å². The van der Waals surface area contributed by atoms with E-state index < -0.39 is 6.16 Å². The summed E-state index contributed by atoms with van der Waals surface area (Å²) in [5, 5.41) is 0. The third-order valence-electron chi connectivity index (χ3n) is 0.858. The van der Waals surface area contributed by atoms with Crippen molar-refractivity contribution in [3.8, 4) is 0 Å². The summed E-state index contributed by atoms with van der Waals surface area (Å²) in [6.07, 6.45) is 3.41. The first-order valence-electron chi connectivity index (χ1n) is 4.09. The van der Waals surface area contributed by atoms with Crippen molar-refractivity contribution in [1.29, 1.82) is 0 Å². The van der Waals surface area contributed by atoms with E-state index in [1.165, 1.54) is 0 Å². The van der Waals surface area contributed by atoms with E-state index in [0.29, 0.717) is 13.2 Å². The Labute approximate surface area is 74.4 Å². The molecule has 0 aromatic carbocycles. The van der Waals surface area contributed by atoms with E-state index in [0.717, 1.165) is 0 Å². The Balaban J connectivity index is 0. The molecule has 0 spiro atoms. The average molecular weight is 174 g/mol. The molecule has 72 valence electrons. The lowest BCUT2D eigenvalue weighted by molar-refractivity contribution is 0.0630. The third-order valence-corrected chi connectivity index (χ3v) is 0.858. The maximum Gasteiger partial charge on any atom is 0.508 e. The van der Waals surface area contributed by atoms with Crippen molar-refractivity contribution in [2.24, 2.45) is 0 Å². The summed E-state index contributed by atoms with van der Waals surface area (Å²) in [6, 6.07) is 0. The van der Waals surface area contributed by atoms with Crippen molar-refractivity contribution in [1.82, 2.24) is 0 Å². The zero-order valence-electron chi connectivity index (χ0n) is 8.29. The minimum atomic E-state index is -0.588. The molecule has 3 nitrogen and oxygen atoms in total. The molecule has 0 N–H and O–H groups in total. The standard InChI is InChI=1S/C5H10O3.C4H8/c1-3-7-5(6)8-4-2;1-3-4-2/h3-4H2,1-2H3;3-4H,1-2H3. The molecule has 3 heteroatoms. The Morgan fingerprint density at radius 1 is 1.08 bits per heavy atom. The second-order valence-electron chi connectivity index (χ2n) is 1.78. The Morgan fingerprint density at radius 3 is 1.58 bits per heavy atom. The molecule has 0 saturated carbocycles. The lowest BCUT2D eigenvalue weighted by Gasteiger charge is -1.98. The first-order valence-corrected chi connectivity index (χ1v) is 4.09. The Morgan fingerprint density at radius 2 is 1.42 bits per heavy atom. The van der Waals surface area contributed by atoms with Gasteiger partial charge in [0.15, 0.2) is 0 Å². The van der Waals surface area contributed by atoms with Gasteiger partial charge in [-0.2, -0.15) is 0 Å². The van der Waals surface area contributed by atoms with Crippen molar-refractivity contribution in [2.45, 2.75) is 27.7 Å². The number of carbonyl (C=O) groups is 1. The molecule has 0 amide bonds. The van der Waals surface area contributed by atoms with Crippen LogP contribution in [0.4, 0.5) is 4.79 Å². The highest BCUT2D eigenvalue weighted by Gasteiger charge is 1.96. The molecular weight excluding hydrogens is 156 g/mol. The summed E-state index contributed by atoms with van der Waals surface area (Å²) in [5.41, 5.74) is 0. The number of ether oxygens (including phenoxy) is 2. The molecule has 0 unspecified atom stereocenters. The first-order chi connectivity index (χ1) is 5.72. The fourth-order valence-corrected chi connectivity index (χ4v) is 0.277. The summed E-state index contributed by atoms with van der Waals surface area (Å²) >= 11 is 0. The summed E-state index contributed by atoms with van der Waals surface area (Å²) in [4.78, 5) is 10.2. The van der Waals surface area contributed by atoms with Gasteiger partial charge in [-0.15, -0.1) is 0 Å². The summed E-state index contributed by atoms with van der Waals surface area (Å²) in [7, 11) is 0. The topological polar surface area (TPSA) is 35.5 Å². The van der Waals surface area contributed by atoms with Crippen LogP contribution in [0.25, 0.3) is 0 Å².